The van der Waals surface area contributed by atoms with Crippen molar-refractivity contribution in [3.63, 3.8) is 0 Å². The number of hydrogen-bond acceptors (Lipinski definition) is 6. The maximum atomic E-state index is 12.5. The molecule has 168 valence electrons. The zero-order valence-electron chi connectivity index (χ0n) is 18.2. The second-order valence-corrected chi connectivity index (χ2v) is 7.82. The molecule has 33 heavy (non-hydrogen) atoms. The number of aromatic nitrogens is 3. The molecule has 4 heterocycles. The Morgan fingerprint density at radius 1 is 1.06 bits per heavy atom. The first-order valence-electron chi connectivity index (χ1n) is 11.0. The van der Waals surface area contributed by atoms with Gasteiger partial charge in [-0.05, 0) is 48.0 Å². The number of nitrogens with one attached hydrogen (secondary N) is 1. The number of fused-ring (bicyclic) bond motifs is 1. The molecule has 0 radical (unpaired) electrons. The Balaban J connectivity index is 1.12. The molecule has 1 aliphatic heterocycles. The van der Waals surface area contributed by atoms with Crippen LogP contribution in [0, 0.1) is 0 Å². The maximum absolute atomic E-state index is 12.5. The fourth-order valence-corrected chi connectivity index (χ4v) is 3.70. The van der Waals surface area contributed by atoms with Crippen molar-refractivity contribution in [2.75, 3.05) is 31.2 Å². The highest BCUT2D eigenvalue weighted by atomic mass is 16.5. The van der Waals surface area contributed by atoms with Crippen molar-refractivity contribution in [2.24, 2.45) is 0 Å². The third-order valence-electron chi connectivity index (χ3n) is 5.51. The minimum Gasteiger partial charge on any atom is -0.487 e. The number of nitrogens with zero attached hydrogens (tertiary/aromatic N) is 4. The molecule has 0 unspecified atom stereocenters. The molecule has 1 fully saturated rings. The molecule has 0 bridgehead atoms. The van der Waals surface area contributed by atoms with Gasteiger partial charge in [0.25, 0.3) is 5.91 Å². The van der Waals surface area contributed by atoms with Crippen LogP contribution in [0.3, 0.4) is 0 Å². The van der Waals surface area contributed by atoms with Crippen molar-refractivity contribution in [3.05, 3.63) is 90.0 Å². The van der Waals surface area contributed by atoms with E-state index in [2.05, 4.69) is 20.2 Å². The van der Waals surface area contributed by atoms with Crippen molar-refractivity contribution < 1.29 is 14.3 Å². The van der Waals surface area contributed by atoms with Gasteiger partial charge in [-0.15, -0.1) is 0 Å². The SMILES string of the molecule is O=C(NCc1ccc(N2CCOCC2)nc1)c1ccc(OCc2cn3ccccc3n2)cc1. The summed E-state index contributed by atoms with van der Waals surface area (Å²) in [6, 6.07) is 16.9. The Morgan fingerprint density at radius 2 is 1.91 bits per heavy atom. The zero-order valence-corrected chi connectivity index (χ0v) is 18.2. The van der Waals surface area contributed by atoms with Crippen LogP contribution in [0.5, 0.6) is 5.75 Å². The number of carbonyl (C=O) groups is 1. The summed E-state index contributed by atoms with van der Waals surface area (Å²) in [6.07, 6.45) is 5.70. The third kappa shape index (κ3) is 5.12. The highest BCUT2D eigenvalue weighted by Crippen LogP contribution is 2.16. The predicted molar refractivity (Wildman–Crippen MR) is 124 cm³/mol. The van der Waals surface area contributed by atoms with Crippen LogP contribution < -0.4 is 15.0 Å². The van der Waals surface area contributed by atoms with Crippen molar-refractivity contribution in [2.45, 2.75) is 13.2 Å². The molecular weight excluding hydrogens is 418 g/mol. The van der Waals surface area contributed by atoms with Crippen molar-refractivity contribution in [1.29, 1.82) is 0 Å². The number of anilines is 1. The first kappa shape index (κ1) is 21.0. The number of morpholine rings is 1. The van der Waals surface area contributed by atoms with E-state index in [9.17, 15) is 4.79 Å². The highest BCUT2D eigenvalue weighted by Gasteiger charge is 2.12. The molecule has 1 N–H and O–H groups in total. The smallest absolute Gasteiger partial charge is 0.251 e. The van der Waals surface area contributed by atoms with Gasteiger partial charge in [0.1, 0.15) is 23.8 Å². The minimum atomic E-state index is -0.140. The first-order valence-corrected chi connectivity index (χ1v) is 11.0. The largest absolute Gasteiger partial charge is 0.487 e. The highest BCUT2D eigenvalue weighted by molar-refractivity contribution is 5.94. The summed E-state index contributed by atoms with van der Waals surface area (Å²) in [6.45, 7) is 3.93. The van der Waals surface area contributed by atoms with Crippen molar-refractivity contribution in [1.82, 2.24) is 19.7 Å². The van der Waals surface area contributed by atoms with E-state index in [1.54, 1.807) is 30.5 Å². The van der Waals surface area contributed by atoms with Gasteiger partial charge in [0.15, 0.2) is 0 Å². The van der Waals surface area contributed by atoms with E-state index in [-0.39, 0.29) is 5.91 Å². The number of hydrogen-bond donors (Lipinski definition) is 1. The van der Waals surface area contributed by atoms with Crippen LogP contribution in [0.15, 0.2) is 73.2 Å². The monoisotopic (exact) mass is 443 g/mol. The van der Waals surface area contributed by atoms with Crippen LogP contribution in [-0.2, 0) is 17.9 Å². The topological polar surface area (TPSA) is 81.0 Å². The van der Waals surface area contributed by atoms with Crippen LogP contribution in [0.2, 0.25) is 0 Å². The quantitative estimate of drug-likeness (QED) is 0.473. The standard InChI is InChI=1S/C25H25N5O3/c31-25(27-16-19-4-9-23(26-15-19)29-11-13-32-14-12-29)20-5-7-22(8-6-20)33-18-21-17-30-10-2-1-3-24(30)28-21/h1-10,15,17H,11-14,16,18H2,(H,27,31). The van der Waals surface area contributed by atoms with E-state index in [4.69, 9.17) is 9.47 Å². The summed E-state index contributed by atoms with van der Waals surface area (Å²) in [5.41, 5.74) is 3.26. The molecule has 1 saturated heterocycles. The zero-order chi connectivity index (χ0) is 22.5. The Morgan fingerprint density at radius 3 is 2.67 bits per heavy atom. The lowest BCUT2D eigenvalue weighted by atomic mass is 10.2. The molecule has 8 nitrogen and oxygen atoms in total. The van der Waals surface area contributed by atoms with Crippen LogP contribution in [-0.4, -0.2) is 46.6 Å². The first-order chi connectivity index (χ1) is 16.2. The van der Waals surface area contributed by atoms with E-state index >= 15 is 0 Å². The predicted octanol–water partition coefficient (Wildman–Crippen LogP) is 3.07. The van der Waals surface area contributed by atoms with E-state index < -0.39 is 0 Å². The number of carbonyl (C=O) groups excluding carboxylic acids is 1. The van der Waals surface area contributed by atoms with Gasteiger partial charge in [0, 0.05) is 43.8 Å². The van der Waals surface area contributed by atoms with Crippen LogP contribution >= 0.6 is 0 Å². The molecule has 1 aromatic carbocycles. The molecule has 0 atom stereocenters. The average molecular weight is 444 g/mol. The van der Waals surface area contributed by atoms with E-state index in [0.29, 0.717) is 24.5 Å². The van der Waals surface area contributed by atoms with Gasteiger partial charge in [-0.3, -0.25) is 4.79 Å². The molecule has 0 aliphatic carbocycles. The minimum absolute atomic E-state index is 0.140. The van der Waals surface area contributed by atoms with Gasteiger partial charge in [0.05, 0.1) is 18.9 Å². The molecule has 3 aromatic heterocycles. The fraction of sp³-hybridized carbons (Fsp3) is 0.240. The summed E-state index contributed by atoms with van der Waals surface area (Å²) in [5.74, 6) is 1.48. The van der Waals surface area contributed by atoms with Gasteiger partial charge in [-0.1, -0.05) is 12.1 Å². The lowest BCUT2D eigenvalue weighted by Gasteiger charge is -2.27. The third-order valence-corrected chi connectivity index (χ3v) is 5.51. The molecule has 0 saturated carbocycles. The molecule has 5 rings (SSSR count). The number of rotatable bonds is 7. The fourth-order valence-electron chi connectivity index (χ4n) is 3.70. The number of benzene rings is 1. The Labute approximate surface area is 191 Å². The molecule has 0 spiro atoms. The number of pyridine rings is 2. The Bertz CT molecular complexity index is 1180. The van der Waals surface area contributed by atoms with Crippen LogP contribution in [0.4, 0.5) is 5.82 Å². The summed E-state index contributed by atoms with van der Waals surface area (Å²) in [7, 11) is 0. The van der Waals surface area contributed by atoms with E-state index in [0.717, 1.165) is 49.0 Å². The van der Waals surface area contributed by atoms with Crippen LogP contribution in [0.25, 0.3) is 5.65 Å². The Kier molecular flexibility index (Phi) is 6.16. The van der Waals surface area contributed by atoms with Gasteiger partial charge < -0.3 is 24.1 Å². The summed E-state index contributed by atoms with van der Waals surface area (Å²) >= 11 is 0. The second kappa shape index (κ2) is 9.70. The molecule has 1 aliphatic rings. The molecule has 8 heteroatoms. The number of amides is 1. The van der Waals surface area contributed by atoms with E-state index in [1.165, 1.54) is 0 Å². The van der Waals surface area contributed by atoms with Gasteiger partial charge in [-0.25, -0.2) is 9.97 Å². The van der Waals surface area contributed by atoms with Gasteiger partial charge >= 0.3 is 0 Å². The molecule has 4 aromatic rings. The van der Waals surface area contributed by atoms with Gasteiger partial charge in [0.2, 0.25) is 0 Å². The lowest BCUT2D eigenvalue weighted by Crippen LogP contribution is -2.36. The van der Waals surface area contributed by atoms with Crippen LogP contribution in [0.1, 0.15) is 21.6 Å². The molecule has 1 amide bonds. The lowest BCUT2D eigenvalue weighted by molar-refractivity contribution is 0.0951. The summed E-state index contributed by atoms with van der Waals surface area (Å²) in [5, 5.41) is 2.94. The normalized spacial score (nSPS) is 13.8. The average Bonchev–Trinajstić information content (AvgIpc) is 3.30. The van der Waals surface area contributed by atoms with Gasteiger partial charge in [-0.2, -0.15) is 0 Å². The van der Waals surface area contributed by atoms with Crippen molar-refractivity contribution in [3.8, 4) is 5.75 Å². The second-order valence-electron chi connectivity index (χ2n) is 7.82. The maximum Gasteiger partial charge on any atom is 0.251 e. The van der Waals surface area contributed by atoms with Crippen molar-refractivity contribution >= 4 is 17.4 Å². The summed E-state index contributed by atoms with van der Waals surface area (Å²) in [4.78, 5) is 23.8. The Hall–Kier alpha value is -3.91. The van der Waals surface area contributed by atoms with E-state index in [1.807, 2.05) is 47.1 Å². The summed E-state index contributed by atoms with van der Waals surface area (Å²) < 4.78 is 13.2. The number of imidazole rings is 1. The number of ether oxygens (including phenoxy) is 2. The molecular formula is C25H25N5O3.